The molecule has 18 heavy (non-hydrogen) atoms. The van der Waals surface area contributed by atoms with E-state index in [2.05, 4.69) is 0 Å². The lowest BCUT2D eigenvalue weighted by atomic mass is 10.1. The minimum absolute atomic E-state index is 0.0724. The zero-order valence-electron chi connectivity index (χ0n) is 9.85. The molecule has 0 atom stereocenters. The van der Waals surface area contributed by atoms with Crippen LogP contribution in [0.4, 0.5) is 4.39 Å². The molecule has 0 saturated carbocycles. The van der Waals surface area contributed by atoms with Crippen molar-refractivity contribution in [3.8, 4) is 6.07 Å². The third-order valence-corrected chi connectivity index (χ3v) is 2.71. The van der Waals surface area contributed by atoms with Crippen LogP contribution in [0.5, 0.6) is 0 Å². The number of hydrogen-bond donors (Lipinski definition) is 0. The maximum Gasteiger partial charge on any atom is 0.176 e. The summed E-state index contributed by atoms with van der Waals surface area (Å²) in [4.78, 5) is 11.4. The lowest BCUT2D eigenvalue weighted by molar-refractivity contribution is 0.100. The maximum absolute atomic E-state index is 13.6. The first-order valence-electron chi connectivity index (χ1n) is 5.46. The van der Waals surface area contributed by atoms with Crippen molar-refractivity contribution in [1.82, 2.24) is 4.57 Å². The van der Waals surface area contributed by atoms with Crippen LogP contribution in [0.1, 0.15) is 28.5 Å². The number of nitrogens with zero attached hydrogens (tertiary/aromatic N) is 2. The monoisotopic (exact) mass is 242 g/mol. The van der Waals surface area contributed by atoms with E-state index < -0.39 is 0 Å². The van der Waals surface area contributed by atoms with Gasteiger partial charge >= 0.3 is 0 Å². The molecule has 0 aliphatic rings. The van der Waals surface area contributed by atoms with Gasteiger partial charge in [-0.15, -0.1) is 0 Å². The maximum atomic E-state index is 13.6. The molecule has 0 fully saturated rings. The average molecular weight is 242 g/mol. The fraction of sp³-hybridized carbons (Fsp3) is 0.143. The Kier molecular flexibility index (Phi) is 3.24. The van der Waals surface area contributed by atoms with E-state index in [1.54, 1.807) is 22.9 Å². The van der Waals surface area contributed by atoms with Gasteiger partial charge in [-0.05, 0) is 30.3 Å². The second-order valence-corrected chi connectivity index (χ2v) is 4.00. The molecule has 0 unspecified atom stereocenters. The van der Waals surface area contributed by atoms with E-state index in [1.165, 1.54) is 25.1 Å². The second kappa shape index (κ2) is 4.84. The summed E-state index contributed by atoms with van der Waals surface area (Å²) >= 11 is 0. The smallest absolute Gasteiger partial charge is 0.176 e. The molecule has 0 amide bonds. The number of rotatable bonds is 3. The first-order valence-corrected chi connectivity index (χ1v) is 5.46. The van der Waals surface area contributed by atoms with Crippen LogP contribution in [0.2, 0.25) is 0 Å². The van der Waals surface area contributed by atoms with Gasteiger partial charge in [-0.25, -0.2) is 4.39 Å². The van der Waals surface area contributed by atoms with Gasteiger partial charge in [0.2, 0.25) is 0 Å². The van der Waals surface area contributed by atoms with Crippen molar-refractivity contribution in [3.05, 3.63) is 59.2 Å². The van der Waals surface area contributed by atoms with Crippen molar-refractivity contribution in [1.29, 1.82) is 5.26 Å². The number of carbonyl (C=O) groups excluding carboxylic acids is 1. The first kappa shape index (κ1) is 12.1. The molecule has 2 aromatic rings. The Hall–Kier alpha value is -2.41. The van der Waals surface area contributed by atoms with Crippen LogP contribution >= 0.6 is 0 Å². The summed E-state index contributed by atoms with van der Waals surface area (Å²) in [5.41, 5.74) is 1.33. The van der Waals surface area contributed by atoms with Crippen LogP contribution in [0.3, 0.4) is 0 Å². The molecular weight excluding hydrogens is 231 g/mol. The quantitative estimate of drug-likeness (QED) is 0.777. The van der Waals surface area contributed by atoms with Crippen molar-refractivity contribution in [2.45, 2.75) is 13.5 Å². The number of aromatic nitrogens is 1. The minimum Gasteiger partial charge on any atom is -0.341 e. The number of benzene rings is 1. The Morgan fingerprint density at radius 2 is 2.22 bits per heavy atom. The van der Waals surface area contributed by atoms with E-state index >= 15 is 0 Å². The molecule has 90 valence electrons. The molecule has 0 spiro atoms. The highest BCUT2D eigenvalue weighted by atomic mass is 19.1. The van der Waals surface area contributed by atoms with Crippen molar-refractivity contribution in [2.75, 3.05) is 0 Å². The van der Waals surface area contributed by atoms with Gasteiger partial charge in [-0.1, -0.05) is 0 Å². The Balaban J connectivity index is 2.37. The first-order chi connectivity index (χ1) is 8.61. The van der Waals surface area contributed by atoms with Crippen LogP contribution in [-0.2, 0) is 6.54 Å². The van der Waals surface area contributed by atoms with E-state index in [9.17, 15) is 9.18 Å². The van der Waals surface area contributed by atoms with Gasteiger partial charge in [0.1, 0.15) is 5.82 Å². The van der Waals surface area contributed by atoms with Crippen LogP contribution in [0.25, 0.3) is 0 Å². The van der Waals surface area contributed by atoms with E-state index in [1.807, 2.05) is 6.07 Å². The summed E-state index contributed by atoms with van der Waals surface area (Å²) in [7, 11) is 0. The van der Waals surface area contributed by atoms with Crippen molar-refractivity contribution < 1.29 is 9.18 Å². The van der Waals surface area contributed by atoms with Gasteiger partial charge in [0.15, 0.2) is 5.78 Å². The predicted molar refractivity (Wildman–Crippen MR) is 64.7 cm³/mol. The SMILES string of the molecule is CC(=O)c1cccn1Cc1cc(C#N)ccc1F. The Morgan fingerprint density at radius 3 is 2.89 bits per heavy atom. The van der Waals surface area contributed by atoms with Gasteiger partial charge < -0.3 is 4.57 Å². The van der Waals surface area contributed by atoms with Crippen molar-refractivity contribution in [3.63, 3.8) is 0 Å². The molecule has 0 aliphatic heterocycles. The molecule has 2 rings (SSSR count). The summed E-state index contributed by atoms with van der Waals surface area (Å²) < 4.78 is 15.3. The molecule has 1 heterocycles. The zero-order chi connectivity index (χ0) is 13.1. The number of hydrogen-bond acceptors (Lipinski definition) is 2. The summed E-state index contributed by atoms with van der Waals surface area (Å²) in [5, 5.41) is 8.79. The number of nitriles is 1. The van der Waals surface area contributed by atoms with Crippen LogP contribution in [-0.4, -0.2) is 10.4 Å². The third kappa shape index (κ3) is 2.30. The number of carbonyl (C=O) groups is 1. The van der Waals surface area contributed by atoms with Gasteiger partial charge in [-0.2, -0.15) is 5.26 Å². The van der Waals surface area contributed by atoms with Crippen molar-refractivity contribution >= 4 is 5.78 Å². The predicted octanol–water partition coefficient (Wildman–Crippen LogP) is 2.75. The molecule has 0 radical (unpaired) electrons. The Labute approximate surface area is 104 Å². The standard InChI is InChI=1S/C14H11FN2O/c1-10(18)14-3-2-6-17(14)9-12-7-11(8-16)4-5-13(12)15/h2-7H,9H2,1H3. The number of halogens is 1. The summed E-state index contributed by atoms with van der Waals surface area (Å²) in [5.74, 6) is -0.450. The fourth-order valence-electron chi connectivity index (χ4n) is 1.82. The fourth-order valence-corrected chi connectivity index (χ4v) is 1.82. The van der Waals surface area contributed by atoms with Crippen LogP contribution in [0, 0.1) is 17.1 Å². The van der Waals surface area contributed by atoms with Crippen LogP contribution in [0.15, 0.2) is 36.5 Å². The highest BCUT2D eigenvalue weighted by Crippen LogP contribution is 2.14. The van der Waals surface area contributed by atoms with Gasteiger partial charge in [-0.3, -0.25) is 4.79 Å². The highest BCUT2D eigenvalue weighted by molar-refractivity contribution is 5.92. The Bertz CT molecular complexity index is 637. The van der Waals surface area contributed by atoms with Crippen molar-refractivity contribution in [2.24, 2.45) is 0 Å². The zero-order valence-corrected chi connectivity index (χ0v) is 9.85. The molecule has 0 aliphatic carbocycles. The summed E-state index contributed by atoms with van der Waals surface area (Å²) in [6, 6.07) is 9.60. The van der Waals surface area contributed by atoms with Crippen LogP contribution < -0.4 is 0 Å². The lowest BCUT2D eigenvalue weighted by Gasteiger charge is -2.08. The molecular formula is C14H11FN2O. The average Bonchev–Trinajstić information content (AvgIpc) is 2.80. The third-order valence-electron chi connectivity index (χ3n) is 2.71. The molecule has 4 heteroatoms. The summed E-state index contributed by atoms with van der Waals surface area (Å²) in [6.07, 6.45) is 1.72. The van der Waals surface area contributed by atoms with E-state index in [4.69, 9.17) is 5.26 Å². The molecule has 0 saturated heterocycles. The van der Waals surface area contributed by atoms with Gasteiger partial charge in [0.25, 0.3) is 0 Å². The second-order valence-electron chi connectivity index (χ2n) is 4.00. The van der Waals surface area contributed by atoms with E-state index in [0.29, 0.717) is 16.8 Å². The summed E-state index contributed by atoms with van der Waals surface area (Å²) in [6.45, 7) is 1.71. The van der Waals surface area contributed by atoms with E-state index in [0.717, 1.165) is 0 Å². The minimum atomic E-state index is -0.378. The normalized spacial score (nSPS) is 10.1. The molecule has 1 aromatic carbocycles. The number of ketones is 1. The number of Topliss-reactive ketones (excluding diaryl/α,β-unsaturated/α-hetero) is 1. The topological polar surface area (TPSA) is 45.8 Å². The molecule has 3 nitrogen and oxygen atoms in total. The molecule has 1 aromatic heterocycles. The van der Waals surface area contributed by atoms with E-state index in [-0.39, 0.29) is 18.1 Å². The molecule has 0 N–H and O–H groups in total. The largest absolute Gasteiger partial charge is 0.341 e. The van der Waals surface area contributed by atoms with Gasteiger partial charge in [0.05, 0.1) is 23.9 Å². The van der Waals surface area contributed by atoms with Gasteiger partial charge in [0, 0.05) is 18.7 Å². The Morgan fingerprint density at radius 1 is 1.44 bits per heavy atom. The molecule has 0 bridgehead atoms. The lowest BCUT2D eigenvalue weighted by Crippen LogP contribution is -2.08. The highest BCUT2D eigenvalue weighted by Gasteiger charge is 2.09.